The third-order valence-corrected chi connectivity index (χ3v) is 4.79. The predicted molar refractivity (Wildman–Crippen MR) is 83.8 cm³/mol. The van der Waals surface area contributed by atoms with Crippen molar-refractivity contribution in [2.75, 3.05) is 19.1 Å². The first-order valence-electron chi connectivity index (χ1n) is 6.36. The van der Waals surface area contributed by atoms with Crippen LogP contribution in [-0.4, -0.2) is 39.3 Å². The van der Waals surface area contributed by atoms with Gasteiger partial charge in [0.25, 0.3) is 0 Å². The molecular weight excluding hydrogens is 260 g/mol. The van der Waals surface area contributed by atoms with Crippen molar-refractivity contribution in [3.63, 3.8) is 0 Å². The summed E-state index contributed by atoms with van der Waals surface area (Å²) in [5.41, 5.74) is 1.38. The van der Waals surface area contributed by atoms with Gasteiger partial charge in [0.1, 0.15) is 4.32 Å². The highest BCUT2D eigenvalue weighted by Gasteiger charge is 2.22. The number of nitrogens with zero attached hydrogens (tertiary/aromatic N) is 2. The maximum atomic E-state index is 5.44. The molecule has 18 heavy (non-hydrogen) atoms. The van der Waals surface area contributed by atoms with E-state index in [1.807, 2.05) is 0 Å². The molecule has 1 heterocycles. The summed E-state index contributed by atoms with van der Waals surface area (Å²) in [4.78, 5) is 4.77. The van der Waals surface area contributed by atoms with Gasteiger partial charge in [-0.15, -0.1) is 0 Å². The summed E-state index contributed by atoms with van der Waals surface area (Å²) in [6.45, 7) is 6.46. The molecule has 1 aliphatic rings. The summed E-state index contributed by atoms with van der Waals surface area (Å²) >= 11 is 7.23. The fraction of sp³-hybridized carbons (Fsp3) is 0.500. The van der Waals surface area contributed by atoms with Gasteiger partial charge in [-0.2, -0.15) is 0 Å². The summed E-state index contributed by atoms with van der Waals surface area (Å²) in [6.07, 6.45) is 1.06. The normalized spacial score (nSPS) is 17.5. The van der Waals surface area contributed by atoms with E-state index in [-0.39, 0.29) is 0 Å². The number of hydrogen-bond donors (Lipinski definition) is 0. The molecule has 1 saturated heterocycles. The number of thiocarbonyl (C=S) groups is 1. The van der Waals surface area contributed by atoms with Crippen LogP contribution in [0.15, 0.2) is 30.3 Å². The molecule has 0 unspecified atom stereocenters. The Balaban J connectivity index is 1.89. The van der Waals surface area contributed by atoms with Gasteiger partial charge in [0, 0.05) is 12.6 Å². The Bertz CT molecular complexity index is 392. The fourth-order valence-electron chi connectivity index (χ4n) is 1.93. The molecular formula is C14H20N2S2. The van der Waals surface area contributed by atoms with Crippen molar-refractivity contribution in [3.8, 4) is 0 Å². The van der Waals surface area contributed by atoms with Gasteiger partial charge < -0.3 is 4.90 Å². The second kappa shape index (κ2) is 6.55. The van der Waals surface area contributed by atoms with E-state index in [0.717, 1.165) is 29.8 Å². The average molecular weight is 280 g/mol. The van der Waals surface area contributed by atoms with Crippen LogP contribution >= 0.6 is 24.0 Å². The molecule has 4 heteroatoms. The third-order valence-electron chi connectivity index (χ3n) is 3.21. The van der Waals surface area contributed by atoms with Crippen molar-refractivity contribution in [2.45, 2.75) is 26.3 Å². The van der Waals surface area contributed by atoms with Gasteiger partial charge in [-0.05, 0) is 25.8 Å². The van der Waals surface area contributed by atoms with Crippen LogP contribution in [0.1, 0.15) is 19.4 Å². The summed E-state index contributed by atoms with van der Waals surface area (Å²) in [6, 6.07) is 11.2. The highest BCUT2D eigenvalue weighted by atomic mass is 32.2. The SMILES string of the molecule is CC(C)N1CSC(=S)N(CCc2ccccc2)C1. The lowest BCUT2D eigenvalue weighted by Gasteiger charge is -2.38. The molecule has 0 N–H and O–H groups in total. The molecule has 0 aliphatic carbocycles. The van der Waals surface area contributed by atoms with Crippen molar-refractivity contribution < 1.29 is 0 Å². The Kier molecular flexibility index (Phi) is 5.03. The first-order valence-corrected chi connectivity index (χ1v) is 7.76. The highest BCUT2D eigenvalue weighted by Crippen LogP contribution is 2.20. The van der Waals surface area contributed by atoms with Crippen molar-refractivity contribution in [1.82, 2.24) is 9.80 Å². The largest absolute Gasteiger partial charge is 0.344 e. The quantitative estimate of drug-likeness (QED) is 0.781. The molecule has 98 valence electrons. The summed E-state index contributed by atoms with van der Waals surface area (Å²) in [5.74, 6) is 1.03. The number of benzene rings is 1. The van der Waals surface area contributed by atoms with Gasteiger partial charge in [-0.25, -0.2) is 0 Å². The Labute approximate surface area is 119 Å². The van der Waals surface area contributed by atoms with Crippen LogP contribution in [0.3, 0.4) is 0 Å². The van der Waals surface area contributed by atoms with Gasteiger partial charge in [-0.3, -0.25) is 4.90 Å². The predicted octanol–water partition coefficient (Wildman–Crippen LogP) is 3.19. The first-order chi connectivity index (χ1) is 8.66. The summed E-state index contributed by atoms with van der Waals surface area (Å²) in [5, 5.41) is 0. The molecule has 1 aromatic rings. The molecule has 0 atom stereocenters. The minimum atomic E-state index is 0.583. The Morgan fingerprint density at radius 2 is 2.00 bits per heavy atom. The van der Waals surface area contributed by atoms with Crippen LogP contribution in [0, 0.1) is 0 Å². The average Bonchev–Trinajstić information content (AvgIpc) is 2.38. The Morgan fingerprint density at radius 3 is 2.67 bits per heavy atom. The molecule has 2 nitrogen and oxygen atoms in total. The molecule has 0 aromatic heterocycles. The standard InChI is InChI=1S/C14H20N2S2/c1-12(2)16-10-15(14(17)18-11-16)9-8-13-6-4-3-5-7-13/h3-7,12H,8-11H2,1-2H3. The Hall–Kier alpha value is -0.580. The van der Waals surface area contributed by atoms with Crippen LogP contribution < -0.4 is 0 Å². The number of rotatable bonds is 4. The monoisotopic (exact) mass is 280 g/mol. The highest BCUT2D eigenvalue weighted by molar-refractivity contribution is 8.22. The van der Waals surface area contributed by atoms with Crippen LogP contribution in [0.5, 0.6) is 0 Å². The molecule has 0 spiro atoms. The number of thioether (sulfide) groups is 1. The van der Waals surface area contributed by atoms with Crippen LogP contribution in [0.25, 0.3) is 0 Å². The van der Waals surface area contributed by atoms with Crippen LogP contribution in [-0.2, 0) is 6.42 Å². The minimum absolute atomic E-state index is 0.583. The lowest BCUT2D eigenvalue weighted by atomic mass is 10.1. The molecule has 0 saturated carbocycles. The summed E-state index contributed by atoms with van der Waals surface area (Å²) < 4.78 is 1.04. The first kappa shape index (κ1) is 13.8. The Morgan fingerprint density at radius 1 is 1.28 bits per heavy atom. The zero-order valence-electron chi connectivity index (χ0n) is 11.0. The van der Waals surface area contributed by atoms with E-state index >= 15 is 0 Å². The molecule has 0 amide bonds. The molecule has 0 bridgehead atoms. The van der Waals surface area contributed by atoms with E-state index in [2.05, 4.69) is 54.0 Å². The number of hydrogen-bond acceptors (Lipinski definition) is 3. The van der Waals surface area contributed by atoms with E-state index in [1.165, 1.54) is 5.56 Å². The maximum Gasteiger partial charge on any atom is 0.138 e. The van der Waals surface area contributed by atoms with Crippen LogP contribution in [0.2, 0.25) is 0 Å². The van der Waals surface area contributed by atoms with Gasteiger partial charge in [0.2, 0.25) is 0 Å². The van der Waals surface area contributed by atoms with Gasteiger partial charge in [0.05, 0.1) is 12.5 Å². The fourth-order valence-corrected chi connectivity index (χ4v) is 3.23. The third kappa shape index (κ3) is 3.70. The minimum Gasteiger partial charge on any atom is -0.344 e. The van der Waals surface area contributed by atoms with E-state index < -0.39 is 0 Å². The summed E-state index contributed by atoms with van der Waals surface area (Å²) in [7, 11) is 0. The molecule has 2 rings (SSSR count). The molecule has 1 aromatic carbocycles. The topological polar surface area (TPSA) is 6.48 Å². The van der Waals surface area contributed by atoms with Crippen molar-refractivity contribution in [2.24, 2.45) is 0 Å². The van der Waals surface area contributed by atoms with E-state index in [0.29, 0.717) is 6.04 Å². The smallest absolute Gasteiger partial charge is 0.138 e. The van der Waals surface area contributed by atoms with Crippen molar-refractivity contribution >= 4 is 28.3 Å². The molecule has 1 fully saturated rings. The van der Waals surface area contributed by atoms with Crippen molar-refractivity contribution in [3.05, 3.63) is 35.9 Å². The van der Waals surface area contributed by atoms with E-state index in [4.69, 9.17) is 12.2 Å². The molecule has 0 radical (unpaired) electrons. The maximum absolute atomic E-state index is 5.44. The van der Waals surface area contributed by atoms with E-state index in [9.17, 15) is 0 Å². The van der Waals surface area contributed by atoms with Crippen LogP contribution in [0.4, 0.5) is 0 Å². The lowest BCUT2D eigenvalue weighted by molar-refractivity contribution is 0.176. The second-order valence-electron chi connectivity index (χ2n) is 4.86. The zero-order valence-corrected chi connectivity index (χ0v) is 12.6. The zero-order chi connectivity index (χ0) is 13.0. The van der Waals surface area contributed by atoms with Crippen molar-refractivity contribution in [1.29, 1.82) is 0 Å². The van der Waals surface area contributed by atoms with Gasteiger partial charge >= 0.3 is 0 Å². The lowest BCUT2D eigenvalue weighted by Crippen LogP contribution is -2.48. The second-order valence-corrected chi connectivity index (χ2v) is 6.44. The van der Waals surface area contributed by atoms with Gasteiger partial charge in [-0.1, -0.05) is 54.3 Å². The van der Waals surface area contributed by atoms with E-state index in [1.54, 1.807) is 11.8 Å². The van der Waals surface area contributed by atoms with Gasteiger partial charge in [0.15, 0.2) is 0 Å². The molecule has 1 aliphatic heterocycles.